The third-order valence-corrected chi connectivity index (χ3v) is 6.58. The van der Waals surface area contributed by atoms with Crippen molar-refractivity contribution in [2.45, 2.75) is 18.4 Å². The lowest BCUT2D eigenvalue weighted by molar-refractivity contribution is 0.0602. The summed E-state index contributed by atoms with van der Waals surface area (Å²) in [7, 11) is -2.99. The van der Waals surface area contributed by atoms with Gasteiger partial charge in [-0.25, -0.2) is 22.3 Å². The summed E-state index contributed by atoms with van der Waals surface area (Å²) >= 11 is 0.888. The Morgan fingerprint density at radius 1 is 1.19 bits per heavy atom. The zero-order valence-corrected chi connectivity index (χ0v) is 15.7. The highest BCUT2D eigenvalue weighted by Crippen LogP contribution is 2.36. The van der Waals surface area contributed by atoms with Gasteiger partial charge in [-0.15, -0.1) is 11.3 Å². The van der Waals surface area contributed by atoms with Crippen molar-refractivity contribution in [1.82, 2.24) is 4.72 Å². The predicted molar refractivity (Wildman–Crippen MR) is 98.3 cm³/mol. The highest BCUT2D eigenvalue weighted by molar-refractivity contribution is 7.90. The Morgan fingerprint density at radius 2 is 1.88 bits per heavy atom. The number of halogens is 1. The summed E-state index contributed by atoms with van der Waals surface area (Å²) in [5.74, 6) is -1.52. The fourth-order valence-electron chi connectivity index (χ4n) is 2.52. The fraction of sp³-hybridized carbons (Fsp3) is 0.167. The first kappa shape index (κ1) is 18.5. The molecule has 0 spiro atoms. The normalized spacial score (nSPS) is 11.7. The maximum Gasteiger partial charge on any atom is 0.349 e. The molecule has 26 heavy (non-hydrogen) atoms. The molecule has 0 saturated carbocycles. The van der Waals surface area contributed by atoms with E-state index in [1.807, 2.05) is 19.1 Å². The second-order valence-corrected chi connectivity index (χ2v) is 8.43. The quantitative estimate of drug-likeness (QED) is 0.672. The van der Waals surface area contributed by atoms with Crippen molar-refractivity contribution >= 4 is 37.4 Å². The second kappa shape index (κ2) is 7.14. The second-order valence-electron chi connectivity index (χ2n) is 5.68. The number of aryl methyl sites for hydroxylation is 1. The van der Waals surface area contributed by atoms with Gasteiger partial charge in [0.2, 0.25) is 10.0 Å². The van der Waals surface area contributed by atoms with Crippen LogP contribution in [0.1, 0.15) is 20.8 Å². The molecule has 2 aromatic carbocycles. The Hall–Kier alpha value is -2.29. The molecule has 0 amide bonds. The van der Waals surface area contributed by atoms with Crippen molar-refractivity contribution in [3.05, 3.63) is 64.3 Å². The van der Waals surface area contributed by atoms with E-state index in [0.29, 0.717) is 4.70 Å². The molecule has 8 heteroatoms. The van der Waals surface area contributed by atoms with Crippen LogP contribution in [0.25, 0.3) is 10.1 Å². The van der Waals surface area contributed by atoms with Crippen LogP contribution in [0.3, 0.4) is 0 Å². The number of carbonyl (C=O) groups excluding carboxylic acids is 1. The molecule has 0 saturated heterocycles. The van der Waals surface area contributed by atoms with Gasteiger partial charge in [0.15, 0.2) is 0 Å². The van der Waals surface area contributed by atoms with Gasteiger partial charge in [-0.3, -0.25) is 0 Å². The molecule has 136 valence electrons. The topological polar surface area (TPSA) is 72.5 Å². The highest BCUT2D eigenvalue weighted by Gasteiger charge is 2.30. The first-order valence-corrected chi connectivity index (χ1v) is 9.98. The van der Waals surface area contributed by atoms with Gasteiger partial charge in [0.1, 0.15) is 15.6 Å². The van der Waals surface area contributed by atoms with Gasteiger partial charge in [-0.1, -0.05) is 35.9 Å². The first-order valence-electron chi connectivity index (χ1n) is 7.68. The molecule has 0 aliphatic carbocycles. The average Bonchev–Trinajstić information content (AvgIpc) is 3.02. The van der Waals surface area contributed by atoms with E-state index in [0.717, 1.165) is 35.6 Å². The number of sulfonamides is 1. The van der Waals surface area contributed by atoms with E-state index in [4.69, 9.17) is 0 Å². The Bertz CT molecular complexity index is 1070. The van der Waals surface area contributed by atoms with Gasteiger partial charge in [0.25, 0.3) is 0 Å². The Kier molecular flexibility index (Phi) is 5.08. The summed E-state index contributed by atoms with van der Waals surface area (Å²) < 4.78 is 47.5. The number of hydrogen-bond donors (Lipinski definition) is 1. The first-order chi connectivity index (χ1) is 12.3. The summed E-state index contributed by atoms with van der Waals surface area (Å²) in [5.41, 5.74) is 1.80. The highest BCUT2D eigenvalue weighted by atomic mass is 32.2. The van der Waals surface area contributed by atoms with Gasteiger partial charge >= 0.3 is 5.97 Å². The number of thiophene rings is 1. The minimum Gasteiger partial charge on any atom is -0.465 e. The van der Waals surface area contributed by atoms with Crippen LogP contribution in [0.15, 0.2) is 47.4 Å². The molecule has 5 nitrogen and oxygen atoms in total. The van der Waals surface area contributed by atoms with Crippen molar-refractivity contribution in [2.24, 2.45) is 0 Å². The standard InChI is InChI=1S/C18H16FNO4S2/c1-11-6-8-12(9-7-11)10-20-26(22,23)17-15-13(19)4-3-5-14(15)25-16(17)18(21)24-2/h3-9,20H,10H2,1-2H3. The van der Waals surface area contributed by atoms with Crippen molar-refractivity contribution in [3.63, 3.8) is 0 Å². The van der Waals surface area contributed by atoms with Crippen LogP contribution in [-0.4, -0.2) is 21.5 Å². The monoisotopic (exact) mass is 393 g/mol. The molecule has 1 aromatic heterocycles. The molecule has 0 radical (unpaired) electrons. The minimum atomic E-state index is -4.14. The number of carbonyl (C=O) groups is 1. The molecule has 3 rings (SSSR count). The van der Waals surface area contributed by atoms with Gasteiger partial charge in [0.05, 0.1) is 7.11 Å². The minimum absolute atomic E-state index is 0.0228. The van der Waals surface area contributed by atoms with Crippen molar-refractivity contribution in [1.29, 1.82) is 0 Å². The number of fused-ring (bicyclic) bond motifs is 1. The van der Waals surface area contributed by atoms with Crippen molar-refractivity contribution in [3.8, 4) is 0 Å². The van der Waals surface area contributed by atoms with E-state index >= 15 is 0 Å². The van der Waals surface area contributed by atoms with Gasteiger partial charge in [0, 0.05) is 16.6 Å². The molecule has 1 N–H and O–H groups in total. The summed E-state index contributed by atoms with van der Waals surface area (Å²) in [4.78, 5) is 11.5. The van der Waals surface area contributed by atoms with E-state index in [9.17, 15) is 17.6 Å². The van der Waals surface area contributed by atoms with E-state index < -0.39 is 21.8 Å². The van der Waals surface area contributed by atoms with E-state index in [-0.39, 0.29) is 21.7 Å². The van der Waals surface area contributed by atoms with Gasteiger partial charge in [-0.2, -0.15) is 0 Å². The van der Waals surface area contributed by atoms with Crippen LogP contribution in [0.5, 0.6) is 0 Å². The lowest BCUT2D eigenvalue weighted by Gasteiger charge is -2.09. The van der Waals surface area contributed by atoms with Crippen molar-refractivity contribution < 1.29 is 22.3 Å². The predicted octanol–water partition coefficient (Wildman–Crippen LogP) is 3.61. The Balaban J connectivity index is 2.06. The zero-order chi connectivity index (χ0) is 18.9. The zero-order valence-electron chi connectivity index (χ0n) is 14.1. The third-order valence-electron chi connectivity index (χ3n) is 3.85. The number of nitrogens with one attached hydrogen (secondary N) is 1. The molecular formula is C18H16FNO4S2. The van der Waals surface area contributed by atoms with E-state index in [1.165, 1.54) is 6.07 Å². The molecule has 1 heterocycles. The summed E-state index contributed by atoms with van der Waals surface area (Å²) in [6.07, 6.45) is 0. The van der Waals surface area contributed by atoms with Crippen LogP contribution in [-0.2, 0) is 21.3 Å². The Labute approximate surface area is 154 Å². The van der Waals surface area contributed by atoms with Crippen LogP contribution < -0.4 is 4.72 Å². The van der Waals surface area contributed by atoms with Crippen LogP contribution >= 0.6 is 11.3 Å². The maximum atomic E-state index is 14.3. The molecule has 0 aliphatic heterocycles. The average molecular weight is 393 g/mol. The van der Waals surface area contributed by atoms with Crippen LogP contribution in [0.2, 0.25) is 0 Å². The van der Waals surface area contributed by atoms with Gasteiger partial charge < -0.3 is 4.74 Å². The molecule has 0 atom stereocenters. The van der Waals surface area contributed by atoms with Crippen molar-refractivity contribution in [2.75, 3.05) is 7.11 Å². The van der Waals surface area contributed by atoms with Gasteiger partial charge in [-0.05, 0) is 24.6 Å². The molecule has 0 aliphatic rings. The fourth-order valence-corrected chi connectivity index (χ4v) is 5.37. The van der Waals surface area contributed by atoms with Crippen LogP contribution in [0, 0.1) is 12.7 Å². The SMILES string of the molecule is COC(=O)c1sc2cccc(F)c2c1S(=O)(=O)NCc1ccc(C)cc1. The smallest absolute Gasteiger partial charge is 0.349 e. The Morgan fingerprint density at radius 3 is 2.54 bits per heavy atom. The summed E-state index contributed by atoms with van der Waals surface area (Å²) in [6, 6.07) is 11.5. The van der Waals surface area contributed by atoms with E-state index in [1.54, 1.807) is 18.2 Å². The number of ether oxygens (including phenoxy) is 1. The maximum absolute atomic E-state index is 14.3. The van der Waals surface area contributed by atoms with E-state index in [2.05, 4.69) is 9.46 Å². The number of rotatable bonds is 5. The number of esters is 1. The summed E-state index contributed by atoms with van der Waals surface area (Å²) in [6.45, 7) is 1.95. The third kappa shape index (κ3) is 3.48. The summed E-state index contributed by atoms with van der Waals surface area (Å²) in [5, 5.41) is -0.102. The molecule has 0 unspecified atom stereocenters. The molecule has 3 aromatic rings. The van der Waals surface area contributed by atoms with Crippen LogP contribution in [0.4, 0.5) is 4.39 Å². The number of benzene rings is 2. The number of hydrogen-bond acceptors (Lipinski definition) is 5. The largest absolute Gasteiger partial charge is 0.465 e. The molecule has 0 bridgehead atoms. The molecule has 0 fully saturated rings. The lowest BCUT2D eigenvalue weighted by atomic mass is 10.2. The number of methoxy groups -OCH3 is 1. The molecular weight excluding hydrogens is 377 g/mol. The lowest BCUT2D eigenvalue weighted by Crippen LogP contribution is -2.25.